The zero-order valence-electron chi connectivity index (χ0n) is 12.5. The standard InChI is InChI=1S/C16H17N3O3S/c20-14(18-12-6-7-12)9-22-15(21)13-10-23-16(19-13)17-8-11-4-2-1-3-5-11/h1-5,10,12H,6-9H2,(H,17,19)(H,18,20). The fraction of sp³-hybridized carbons (Fsp3) is 0.312. The van der Waals surface area contributed by atoms with E-state index in [0.29, 0.717) is 11.7 Å². The monoisotopic (exact) mass is 331 g/mol. The summed E-state index contributed by atoms with van der Waals surface area (Å²) in [5.74, 6) is -0.849. The number of carbonyl (C=O) groups is 2. The summed E-state index contributed by atoms with van der Waals surface area (Å²) in [4.78, 5) is 27.5. The number of thiazole rings is 1. The van der Waals surface area contributed by atoms with Crippen LogP contribution in [0.2, 0.25) is 0 Å². The van der Waals surface area contributed by atoms with Crippen molar-refractivity contribution in [2.24, 2.45) is 0 Å². The number of rotatable bonds is 7. The SMILES string of the molecule is O=C(COC(=O)c1csc(NCc2ccccc2)n1)NC1CC1. The molecule has 2 aromatic rings. The predicted octanol–water partition coefficient (Wildman–Crippen LogP) is 2.19. The van der Waals surface area contributed by atoms with E-state index in [0.717, 1.165) is 18.4 Å². The molecule has 0 spiro atoms. The van der Waals surface area contributed by atoms with Gasteiger partial charge in [0.1, 0.15) is 0 Å². The number of ether oxygens (including phenoxy) is 1. The van der Waals surface area contributed by atoms with Crippen molar-refractivity contribution < 1.29 is 14.3 Å². The van der Waals surface area contributed by atoms with Gasteiger partial charge in [0.05, 0.1) is 0 Å². The van der Waals surface area contributed by atoms with Crippen molar-refractivity contribution in [3.05, 3.63) is 47.0 Å². The third kappa shape index (κ3) is 4.79. The predicted molar refractivity (Wildman–Crippen MR) is 87.3 cm³/mol. The Kier molecular flexibility index (Phi) is 4.87. The molecule has 0 saturated heterocycles. The van der Waals surface area contributed by atoms with Gasteiger partial charge in [-0.2, -0.15) is 0 Å². The fourth-order valence-electron chi connectivity index (χ4n) is 1.92. The highest BCUT2D eigenvalue weighted by Crippen LogP contribution is 2.19. The number of nitrogens with zero attached hydrogens (tertiary/aromatic N) is 1. The summed E-state index contributed by atoms with van der Waals surface area (Å²) in [5.41, 5.74) is 1.34. The summed E-state index contributed by atoms with van der Waals surface area (Å²) in [5, 5.41) is 8.18. The van der Waals surface area contributed by atoms with E-state index in [9.17, 15) is 9.59 Å². The van der Waals surface area contributed by atoms with Crippen molar-refractivity contribution in [3.63, 3.8) is 0 Å². The maximum Gasteiger partial charge on any atom is 0.358 e. The van der Waals surface area contributed by atoms with Gasteiger partial charge >= 0.3 is 5.97 Å². The third-order valence-corrected chi connectivity index (χ3v) is 4.08. The molecule has 0 atom stereocenters. The maximum absolute atomic E-state index is 11.9. The van der Waals surface area contributed by atoms with Gasteiger partial charge in [-0.25, -0.2) is 9.78 Å². The average Bonchev–Trinajstić information content (AvgIpc) is 3.25. The van der Waals surface area contributed by atoms with Crippen molar-refractivity contribution in [1.29, 1.82) is 0 Å². The molecule has 0 radical (unpaired) electrons. The summed E-state index contributed by atoms with van der Waals surface area (Å²) < 4.78 is 4.96. The lowest BCUT2D eigenvalue weighted by molar-refractivity contribution is -0.124. The topological polar surface area (TPSA) is 80.3 Å². The number of nitrogens with one attached hydrogen (secondary N) is 2. The minimum atomic E-state index is -0.583. The molecule has 7 heteroatoms. The van der Waals surface area contributed by atoms with Crippen molar-refractivity contribution in [3.8, 4) is 0 Å². The Hall–Kier alpha value is -2.41. The van der Waals surface area contributed by atoms with Crippen LogP contribution in [0.5, 0.6) is 0 Å². The molecule has 0 unspecified atom stereocenters. The number of hydrogen-bond donors (Lipinski definition) is 2. The highest BCUT2D eigenvalue weighted by Gasteiger charge is 2.24. The van der Waals surface area contributed by atoms with E-state index in [2.05, 4.69) is 15.6 Å². The molecule has 1 heterocycles. The van der Waals surface area contributed by atoms with E-state index in [1.165, 1.54) is 11.3 Å². The van der Waals surface area contributed by atoms with Gasteiger partial charge in [0, 0.05) is 18.0 Å². The molecule has 1 aliphatic carbocycles. The lowest BCUT2D eigenvalue weighted by Gasteiger charge is -2.04. The van der Waals surface area contributed by atoms with Crippen molar-refractivity contribution >= 4 is 28.3 Å². The van der Waals surface area contributed by atoms with E-state index >= 15 is 0 Å². The van der Waals surface area contributed by atoms with E-state index < -0.39 is 5.97 Å². The Bertz CT molecular complexity index is 683. The van der Waals surface area contributed by atoms with Crippen LogP contribution >= 0.6 is 11.3 Å². The Morgan fingerprint density at radius 3 is 2.78 bits per heavy atom. The molecule has 1 aromatic heterocycles. The molecule has 1 amide bonds. The second kappa shape index (κ2) is 7.23. The minimum Gasteiger partial charge on any atom is -0.451 e. The van der Waals surface area contributed by atoms with Gasteiger partial charge in [-0.1, -0.05) is 30.3 Å². The molecule has 1 saturated carbocycles. The van der Waals surface area contributed by atoms with E-state index in [1.54, 1.807) is 5.38 Å². The van der Waals surface area contributed by atoms with Crippen LogP contribution in [0, 0.1) is 0 Å². The van der Waals surface area contributed by atoms with Gasteiger partial charge in [0.2, 0.25) is 0 Å². The third-order valence-electron chi connectivity index (χ3n) is 3.28. The van der Waals surface area contributed by atoms with Gasteiger partial charge in [-0.05, 0) is 18.4 Å². The lowest BCUT2D eigenvalue weighted by atomic mass is 10.2. The Balaban J connectivity index is 1.45. The molecular weight excluding hydrogens is 314 g/mol. The van der Waals surface area contributed by atoms with Crippen LogP contribution in [0.25, 0.3) is 0 Å². The molecule has 1 aliphatic rings. The van der Waals surface area contributed by atoms with Crippen LogP contribution in [0.1, 0.15) is 28.9 Å². The molecule has 0 aliphatic heterocycles. The van der Waals surface area contributed by atoms with E-state index in [4.69, 9.17) is 4.74 Å². The highest BCUT2D eigenvalue weighted by atomic mass is 32.1. The minimum absolute atomic E-state index is 0.213. The van der Waals surface area contributed by atoms with Gasteiger partial charge < -0.3 is 15.4 Å². The Morgan fingerprint density at radius 1 is 1.26 bits per heavy atom. The number of carbonyl (C=O) groups excluding carboxylic acids is 2. The number of esters is 1. The maximum atomic E-state index is 11.9. The molecule has 6 nitrogen and oxygen atoms in total. The number of benzene rings is 1. The van der Waals surface area contributed by atoms with Gasteiger partial charge in [0.25, 0.3) is 5.91 Å². The summed E-state index contributed by atoms with van der Waals surface area (Å²) >= 11 is 1.33. The Morgan fingerprint density at radius 2 is 2.04 bits per heavy atom. The first-order valence-corrected chi connectivity index (χ1v) is 8.28. The van der Waals surface area contributed by atoms with Gasteiger partial charge in [-0.3, -0.25) is 4.79 Å². The van der Waals surface area contributed by atoms with Gasteiger partial charge in [-0.15, -0.1) is 11.3 Å². The first-order chi connectivity index (χ1) is 11.2. The average molecular weight is 331 g/mol. The second-order valence-electron chi connectivity index (χ2n) is 5.29. The van der Waals surface area contributed by atoms with Crippen molar-refractivity contribution in [1.82, 2.24) is 10.3 Å². The number of aromatic nitrogens is 1. The number of amides is 1. The second-order valence-corrected chi connectivity index (χ2v) is 6.15. The molecule has 120 valence electrons. The van der Waals surface area contributed by atoms with Crippen LogP contribution in [0.4, 0.5) is 5.13 Å². The molecular formula is C16H17N3O3S. The van der Waals surface area contributed by atoms with Crippen molar-refractivity contribution in [2.75, 3.05) is 11.9 Å². The summed E-state index contributed by atoms with van der Waals surface area (Å²) in [6.07, 6.45) is 2.00. The Labute approximate surface area is 137 Å². The number of hydrogen-bond acceptors (Lipinski definition) is 6. The van der Waals surface area contributed by atoms with E-state index in [-0.39, 0.29) is 24.2 Å². The van der Waals surface area contributed by atoms with Crippen LogP contribution in [-0.4, -0.2) is 29.5 Å². The molecule has 2 N–H and O–H groups in total. The van der Waals surface area contributed by atoms with Crippen LogP contribution < -0.4 is 10.6 Å². The molecule has 23 heavy (non-hydrogen) atoms. The smallest absolute Gasteiger partial charge is 0.358 e. The first kappa shape index (κ1) is 15.5. The first-order valence-electron chi connectivity index (χ1n) is 7.40. The molecule has 1 aromatic carbocycles. The molecule has 0 bridgehead atoms. The van der Waals surface area contributed by atoms with Crippen LogP contribution in [0.15, 0.2) is 35.7 Å². The van der Waals surface area contributed by atoms with Crippen molar-refractivity contribution in [2.45, 2.75) is 25.4 Å². The zero-order valence-corrected chi connectivity index (χ0v) is 13.3. The van der Waals surface area contributed by atoms with E-state index in [1.807, 2.05) is 30.3 Å². The highest BCUT2D eigenvalue weighted by molar-refractivity contribution is 7.13. The summed E-state index contributed by atoms with van der Waals surface area (Å²) in [7, 11) is 0. The van der Waals surface area contributed by atoms with Gasteiger partial charge in [0.15, 0.2) is 17.4 Å². The zero-order chi connectivity index (χ0) is 16.1. The molecule has 3 rings (SSSR count). The lowest BCUT2D eigenvalue weighted by Crippen LogP contribution is -2.30. The summed E-state index contributed by atoms with van der Waals surface area (Å²) in [6, 6.07) is 10.2. The van der Waals surface area contributed by atoms with Crippen LogP contribution in [0.3, 0.4) is 0 Å². The van der Waals surface area contributed by atoms with Crippen LogP contribution in [-0.2, 0) is 16.1 Å². The fourth-order valence-corrected chi connectivity index (χ4v) is 2.60. The molecule has 1 fully saturated rings. The summed E-state index contributed by atoms with van der Waals surface area (Å²) in [6.45, 7) is 0.367. The normalized spacial score (nSPS) is 13.4. The number of anilines is 1. The largest absolute Gasteiger partial charge is 0.451 e. The quantitative estimate of drug-likeness (QED) is 0.760.